The van der Waals surface area contributed by atoms with Gasteiger partial charge >= 0.3 is 0 Å². The Kier molecular flexibility index (Phi) is 5.94. The molecule has 0 amide bonds. The van der Waals surface area contributed by atoms with Crippen LogP contribution in [0, 0.1) is 5.82 Å². The molecule has 5 aromatic rings. The van der Waals surface area contributed by atoms with Crippen molar-refractivity contribution in [2.75, 3.05) is 0 Å². The zero-order valence-corrected chi connectivity index (χ0v) is 19.1. The van der Waals surface area contributed by atoms with Crippen molar-refractivity contribution in [1.29, 1.82) is 0 Å². The molecule has 0 aliphatic carbocycles. The van der Waals surface area contributed by atoms with Gasteiger partial charge in [-0.25, -0.2) is 9.37 Å². The van der Waals surface area contributed by atoms with Gasteiger partial charge in [0.1, 0.15) is 40.2 Å². The second kappa shape index (κ2) is 9.16. The van der Waals surface area contributed by atoms with Crippen LogP contribution in [0.3, 0.4) is 0 Å². The van der Waals surface area contributed by atoms with Crippen molar-refractivity contribution in [3.63, 3.8) is 0 Å². The van der Waals surface area contributed by atoms with E-state index in [0.717, 1.165) is 22.4 Å². The lowest BCUT2D eigenvalue weighted by atomic mass is 10.2. The number of halogens is 1. The molecule has 0 saturated heterocycles. The summed E-state index contributed by atoms with van der Waals surface area (Å²) in [6.45, 7) is 0. The first-order valence-corrected chi connectivity index (χ1v) is 13.4. The van der Waals surface area contributed by atoms with E-state index in [9.17, 15) is 4.39 Å². The Morgan fingerprint density at radius 1 is 0.656 bits per heavy atom. The quantitative estimate of drug-likeness (QED) is 0.269. The third-order valence-corrected chi connectivity index (χ3v) is 10.9. The molecule has 0 atom stereocenters. The molecule has 1 nitrogen and oxygen atoms in total. The number of hydrogen-bond donors (Lipinski definition) is 0. The second-order valence-electron chi connectivity index (χ2n) is 7.63. The van der Waals surface area contributed by atoms with Crippen molar-refractivity contribution in [1.82, 2.24) is 4.98 Å². The number of rotatable bonds is 6. The van der Waals surface area contributed by atoms with Gasteiger partial charge in [0.05, 0.1) is 5.69 Å². The molecule has 0 N–H and O–H groups in total. The van der Waals surface area contributed by atoms with Crippen LogP contribution in [-0.2, 0) is 6.16 Å². The Labute approximate surface area is 192 Å². The van der Waals surface area contributed by atoms with Gasteiger partial charge in [-0.2, -0.15) is 0 Å². The van der Waals surface area contributed by atoms with Crippen molar-refractivity contribution in [2.24, 2.45) is 0 Å². The molecule has 32 heavy (non-hydrogen) atoms. The average molecular weight is 455 g/mol. The van der Waals surface area contributed by atoms with Crippen LogP contribution in [0.15, 0.2) is 121 Å². The number of thiazole rings is 1. The zero-order valence-electron chi connectivity index (χ0n) is 17.4. The van der Waals surface area contributed by atoms with Crippen LogP contribution in [0.5, 0.6) is 0 Å². The minimum Gasteiger partial charge on any atom is -0.237 e. The fraction of sp³-hybridized carbons (Fsp3) is 0.0357. The molecule has 0 saturated carbocycles. The third kappa shape index (κ3) is 4.02. The van der Waals surface area contributed by atoms with Crippen LogP contribution in [0.1, 0.15) is 5.69 Å². The number of nitrogens with zero attached hydrogens (tertiary/aromatic N) is 1. The molecule has 4 aromatic carbocycles. The highest BCUT2D eigenvalue weighted by Crippen LogP contribution is 2.58. The van der Waals surface area contributed by atoms with E-state index in [-0.39, 0.29) is 5.82 Å². The maximum atomic E-state index is 13.8. The summed E-state index contributed by atoms with van der Waals surface area (Å²) in [7, 11) is -1.99. The molecule has 1 heterocycles. The molecule has 0 fully saturated rings. The first-order valence-electron chi connectivity index (χ1n) is 10.5. The lowest BCUT2D eigenvalue weighted by Gasteiger charge is -2.27. The summed E-state index contributed by atoms with van der Waals surface area (Å²) in [5.41, 5.74) is 1.86. The standard InChI is InChI=1S/C28H22FNPS/c29-23-12-10-11-22(19-23)28-30-24(21-32-28)20-31(25-13-4-1-5-14-25,26-15-6-2-7-16-26)27-17-8-3-9-18-27/h1-19,21H,20H2/q+1. The number of aromatic nitrogens is 1. The Bertz CT molecular complexity index is 1210. The van der Waals surface area contributed by atoms with Crippen molar-refractivity contribution in [3.8, 4) is 10.6 Å². The Hall–Kier alpha value is -3.13. The van der Waals surface area contributed by atoms with Crippen molar-refractivity contribution >= 4 is 34.5 Å². The highest BCUT2D eigenvalue weighted by Gasteiger charge is 2.46. The summed E-state index contributed by atoms with van der Waals surface area (Å²) in [4.78, 5) is 4.96. The predicted molar refractivity (Wildman–Crippen MR) is 136 cm³/mol. The third-order valence-electron chi connectivity index (χ3n) is 5.61. The van der Waals surface area contributed by atoms with Crippen LogP contribution in [0.2, 0.25) is 0 Å². The van der Waals surface area contributed by atoms with E-state index >= 15 is 0 Å². The molecule has 0 aliphatic heterocycles. The normalized spacial score (nSPS) is 11.4. The van der Waals surface area contributed by atoms with Crippen LogP contribution < -0.4 is 15.9 Å². The van der Waals surface area contributed by atoms with Gasteiger partial charge in [-0.3, -0.25) is 0 Å². The zero-order chi connectivity index (χ0) is 21.8. The number of benzene rings is 4. The van der Waals surface area contributed by atoms with Gasteiger partial charge in [-0.1, -0.05) is 66.7 Å². The molecule has 0 aliphatic rings. The molecule has 0 bridgehead atoms. The van der Waals surface area contributed by atoms with Gasteiger partial charge in [0.25, 0.3) is 0 Å². The lowest BCUT2D eigenvalue weighted by Crippen LogP contribution is -2.32. The monoisotopic (exact) mass is 454 g/mol. The van der Waals surface area contributed by atoms with E-state index < -0.39 is 7.26 Å². The van der Waals surface area contributed by atoms with Gasteiger partial charge in [0.15, 0.2) is 0 Å². The molecule has 1 aromatic heterocycles. The fourth-order valence-electron chi connectivity index (χ4n) is 4.15. The van der Waals surface area contributed by atoms with Gasteiger partial charge in [-0.15, -0.1) is 11.3 Å². The minimum atomic E-state index is -1.99. The Morgan fingerprint density at radius 3 is 1.69 bits per heavy atom. The van der Waals surface area contributed by atoms with E-state index in [1.165, 1.54) is 22.0 Å². The van der Waals surface area contributed by atoms with Gasteiger partial charge < -0.3 is 0 Å². The highest BCUT2D eigenvalue weighted by atomic mass is 32.1. The van der Waals surface area contributed by atoms with Gasteiger partial charge in [-0.05, 0) is 48.5 Å². The molecule has 0 unspecified atom stereocenters. The second-order valence-corrected chi connectivity index (χ2v) is 12.0. The summed E-state index contributed by atoms with van der Waals surface area (Å²) < 4.78 is 13.8. The SMILES string of the molecule is Fc1cccc(-c2nc(C[P+](c3ccccc3)(c3ccccc3)c3ccccc3)cs2)c1. The van der Waals surface area contributed by atoms with Crippen LogP contribution >= 0.6 is 18.6 Å². The largest absolute Gasteiger partial charge is 0.237 e. The summed E-state index contributed by atoms with van der Waals surface area (Å²) in [6, 6.07) is 39.1. The van der Waals surface area contributed by atoms with Crippen LogP contribution in [0.4, 0.5) is 4.39 Å². The first kappa shape index (κ1) is 20.8. The van der Waals surface area contributed by atoms with Crippen molar-refractivity contribution in [2.45, 2.75) is 6.16 Å². The molecule has 156 valence electrons. The Balaban J connectivity index is 1.67. The Morgan fingerprint density at radius 2 is 1.19 bits per heavy atom. The maximum absolute atomic E-state index is 13.8. The topological polar surface area (TPSA) is 12.9 Å². The lowest BCUT2D eigenvalue weighted by molar-refractivity contribution is 0.628. The molecule has 0 spiro atoms. The maximum Gasteiger partial charge on any atom is 0.123 e. The first-order chi connectivity index (χ1) is 15.8. The average Bonchev–Trinajstić information content (AvgIpc) is 3.33. The van der Waals surface area contributed by atoms with Gasteiger partial charge in [0, 0.05) is 10.9 Å². The summed E-state index contributed by atoms with van der Waals surface area (Å²) in [6.07, 6.45) is 0.816. The van der Waals surface area contributed by atoms with E-state index in [1.807, 2.05) is 6.07 Å². The van der Waals surface area contributed by atoms with Crippen molar-refractivity contribution in [3.05, 3.63) is 132 Å². The van der Waals surface area contributed by atoms with E-state index in [1.54, 1.807) is 23.5 Å². The highest BCUT2D eigenvalue weighted by molar-refractivity contribution is 7.95. The minimum absolute atomic E-state index is 0.237. The van der Waals surface area contributed by atoms with Crippen LogP contribution in [0.25, 0.3) is 10.6 Å². The fourth-order valence-corrected chi connectivity index (χ4v) is 9.22. The summed E-state index contributed by atoms with van der Waals surface area (Å²) in [5, 5.41) is 6.98. The van der Waals surface area contributed by atoms with E-state index in [0.29, 0.717) is 0 Å². The molecular weight excluding hydrogens is 432 g/mol. The summed E-state index contributed by atoms with van der Waals surface area (Å²) in [5.74, 6) is -0.237. The smallest absolute Gasteiger partial charge is 0.123 e. The van der Waals surface area contributed by atoms with Gasteiger partial charge in [0.2, 0.25) is 0 Å². The molecule has 0 radical (unpaired) electrons. The molecule has 4 heteroatoms. The van der Waals surface area contributed by atoms with Crippen LogP contribution in [-0.4, -0.2) is 4.98 Å². The molecule has 5 rings (SSSR count). The van der Waals surface area contributed by atoms with E-state index in [4.69, 9.17) is 4.98 Å². The van der Waals surface area contributed by atoms with E-state index in [2.05, 4.69) is 96.4 Å². The van der Waals surface area contributed by atoms with Crippen molar-refractivity contribution < 1.29 is 4.39 Å². The summed E-state index contributed by atoms with van der Waals surface area (Å²) >= 11 is 1.58. The molecular formula is C28H22FNPS+. The number of hydrogen-bond acceptors (Lipinski definition) is 2. The predicted octanol–water partition coefficient (Wildman–Crippen LogP) is 6.44.